The van der Waals surface area contributed by atoms with Crippen molar-refractivity contribution >= 4 is 40.0 Å². The van der Waals surface area contributed by atoms with Crippen molar-refractivity contribution in [3.8, 4) is 0 Å². The first-order valence-corrected chi connectivity index (χ1v) is 11.5. The van der Waals surface area contributed by atoms with E-state index in [1.807, 2.05) is 22.6 Å². The lowest BCUT2D eigenvalue weighted by Gasteiger charge is -2.11. The Balaban J connectivity index is 1.62. The van der Waals surface area contributed by atoms with Crippen molar-refractivity contribution in [2.45, 2.75) is 44.8 Å². The van der Waals surface area contributed by atoms with Gasteiger partial charge in [-0.3, -0.25) is 18.6 Å². The third-order valence-electron chi connectivity index (χ3n) is 5.25. The fourth-order valence-corrected chi connectivity index (χ4v) is 4.29. The zero-order valence-corrected chi connectivity index (χ0v) is 18.8. The van der Waals surface area contributed by atoms with Crippen LogP contribution in [-0.4, -0.2) is 30.8 Å². The Morgan fingerprint density at radius 3 is 2.75 bits per heavy atom. The van der Waals surface area contributed by atoms with E-state index in [0.29, 0.717) is 39.6 Å². The molecule has 0 aliphatic carbocycles. The molecule has 9 heteroatoms. The first kappa shape index (κ1) is 22.0. The second-order valence-corrected chi connectivity index (χ2v) is 8.54. The summed E-state index contributed by atoms with van der Waals surface area (Å²) in [5, 5.41) is 12.3. The molecule has 0 radical (unpaired) electrons. The number of aromatic nitrogens is 4. The summed E-state index contributed by atoms with van der Waals surface area (Å²) >= 11 is 1.22. The van der Waals surface area contributed by atoms with Crippen LogP contribution in [0.4, 0.5) is 10.1 Å². The van der Waals surface area contributed by atoms with Crippen LogP contribution in [0.2, 0.25) is 0 Å². The molecule has 166 valence electrons. The monoisotopic (exact) mass is 453 g/mol. The highest BCUT2D eigenvalue weighted by molar-refractivity contribution is 7.99. The molecule has 2 heterocycles. The quantitative estimate of drug-likeness (QED) is 0.316. The van der Waals surface area contributed by atoms with E-state index >= 15 is 0 Å². The lowest BCUT2D eigenvalue weighted by molar-refractivity contribution is -0.113. The van der Waals surface area contributed by atoms with Crippen LogP contribution in [0.5, 0.6) is 0 Å². The molecule has 0 atom stereocenters. The molecular weight excluding hydrogens is 429 g/mol. The van der Waals surface area contributed by atoms with Gasteiger partial charge in [0.2, 0.25) is 11.7 Å². The number of nitrogens with one attached hydrogen (secondary N) is 1. The number of amides is 1. The van der Waals surface area contributed by atoms with Crippen LogP contribution in [0.1, 0.15) is 31.7 Å². The molecule has 0 aliphatic rings. The highest BCUT2D eigenvalue weighted by atomic mass is 32.2. The van der Waals surface area contributed by atoms with Crippen LogP contribution in [0.3, 0.4) is 0 Å². The Bertz CT molecular complexity index is 1350. The SMILES string of the molecule is CCCCCn1c(=O)c2ccccc2n2c(SCC(=O)Nc3ccc(C)c(F)c3)nnc12. The van der Waals surface area contributed by atoms with Crippen molar-refractivity contribution in [3.63, 3.8) is 0 Å². The smallest absolute Gasteiger partial charge is 0.262 e. The Labute approximate surface area is 188 Å². The minimum absolute atomic E-state index is 0.0690. The molecule has 0 saturated heterocycles. The molecule has 32 heavy (non-hydrogen) atoms. The van der Waals surface area contributed by atoms with Crippen LogP contribution < -0.4 is 10.9 Å². The lowest BCUT2D eigenvalue weighted by atomic mass is 10.2. The van der Waals surface area contributed by atoms with Crippen molar-refractivity contribution in [3.05, 3.63) is 64.2 Å². The number of rotatable bonds is 8. The molecule has 0 aliphatic heterocycles. The van der Waals surface area contributed by atoms with Gasteiger partial charge in [0.1, 0.15) is 5.82 Å². The van der Waals surface area contributed by atoms with Gasteiger partial charge in [-0.1, -0.05) is 49.7 Å². The van der Waals surface area contributed by atoms with E-state index in [9.17, 15) is 14.0 Å². The van der Waals surface area contributed by atoms with Crippen molar-refractivity contribution in [2.24, 2.45) is 0 Å². The number of benzene rings is 2. The minimum Gasteiger partial charge on any atom is -0.325 e. The van der Waals surface area contributed by atoms with Gasteiger partial charge in [0.25, 0.3) is 5.56 Å². The van der Waals surface area contributed by atoms with E-state index in [4.69, 9.17) is 0 Å². The number of carbonyl (C=O) groups excluding carboxylic acids is 1. The van der Waals surface area contributed by atoms with Gasteiger partial charge in [0.15, 0.2) is 5.16 Å². The number of thioether (sulfide) groups is 1. The molecule has 0 spiro atoms. The molecular formula is C23H24FN5O2S. The van der Waals surface area contributed by atoms with Crippen LogP contribution in [0.25, 0.3) is 16.7 Å². The molecule has 2 aromatic carbocycles. The predicted molar refractivity (Wildman–Crippen MR) is 125 cm³/mol. The van der Waals surface area contributed by atoms with Gasteiger partial charge in [-0.05, 0) is 43.2 Å². The molecule has 2 aromatic heterocycles. The fraction of sp³-hybridized carbons (Fsp3) is 0.304. The Hall–Kier alpha value is -3.20. The van der Waals surface area contributed by atoms with E-state index in [1.54, 1.807) is 29.7 Å². The summed E-state index contributed by atoms with van der Waals surface area (Å²) in [6.07, 6.45) is 2.93. The Morgan fingerprint density at radius 2 is 1.97 bits per heavy atom. The maximum Gasteiger partial charge on any atom is 0.262 e. The molecule has 1 N–H and O–H groups in total. The summed E-state index contributed by atoms with van der Waals surface area (Å²) in [4.78, 5) is 25.5. The number of nitrogens with zero attached hydrogens (tertiary/aromatic N) is 4. The van der Waals surface area contributed by atoms with Gasteiger partial charge in [0.05, 0.1) is 16.7 Å². The summed E-state index contributed by atoms with van der Waals surface area (Å²) in [6.45, 7) is 4.34. The number of aryl methyl sites for hydroxylation is 2. The van der Waals surface area contributed by atoms with Crippen LogP contribution in [0, 0.1) is 12.7 Å². The van der Waals surface area contributed by atoms with E-state index in [0.717, 1.165) is 19.3 Å². The van der Waals surface area contributed by atoms with E-state index in [2.05, 4.69) is 22.4 Å². The van der Waals surface area contributed by atoms with Gasteiger partial charge < -0.3 is 5.32 Å². The number of carbonyl (C=O) groups is 1. The normalized spacial score (nSPS) is 11.3. The minimum atomic E-state index is -0.369. The third kappa shape index (κ3) is 4.38. The van der Waals surface area contributed by atoms with E-state index < -0.39 is 0 Å². The first-order chi connectivity index (χ1) is 15.5. The van der Waals surface area contributed by atoms with Gasteiger partial charge in [-0.15, -0.1) is 10.2 Å². The second kappa shape index (κ2) is 9.52. The summed E-state index contributed by atoms with van der Waals surface area (Å²) in [5.74, 6) is -0.116. The number of hydrogen-bond acceptors (Lipinski definition) is 5. The molecule has 4 aromatic rings. The topological polar surface area (TPSA) is 81.3 Å². The van der Waals surface area contributed by atoms with Gasteiger partial charge in [-0.2, -0.15) is 0 Å². The fourth-order valence-electron chi connectivity index (χ4n) is 3.55. The number of halogens is 1. The van der Waals surface area contributed by atoms with Crippen LogP contribution >= 0.6 is 11.8 Å². The van der Waals surface area contributed by atoms with Crippen molar-refractivity contribution in [1.82, 2.24) is 19.2 Å². The maximum atomic E-state index is 13.7. The Kier molecular flexibility index (Phi) is 6.55. The Morgan fingerprint density at radius 1 is 1.16 bits per heavy atom. The van der Waals surface area contributed by atoms with Crippen LogP contribution in [-0.2, 0) is 11.3 Å². The zero-order valence-electron chi connectivity index (χ0n) is 18.0. The highest BCUT2D eigenvalue weighted by Gasteiger charge is 2.17. The molecule has 4 rings (SSSR count). The van der Waals surface area contributed by atoms with Crippen LogP contribution in [0.15, 0.2) is 52.4 Å². The number of unbranched alkanes of at least 4 members (excludes halogenated alkanes) is 2. The van der Waals surface area contributed by atoms with E-state index in [-0.39, 0.29) is 23.0 Å². The maximum absolute atomic E-state index is 13.7. The number of anilines is 1. The largest absolute Gasteiger partial charge is 0.325 e. The second-order valence-electron chi connectivity index (χ2n) is 7.60. The molecule has 0 fully saturated rings. The molecule has 0 unspecified atom stereocenters. The first-order valence-electron chi connectivity index (χ1n) is 10.5. The standard InChI is InChI=1S/C23H24FN5O2S/c1-3-4-7-12-28-21(31)17-8-5-6-9-19(17)29-22(28)26-27-23(29)32-14-20(30)25-16-11-10-15(2)18(24)13-16/h5-6,8-11,13H,3-4,7,12,14H2,1-2H3,(H,25,30). The molecule has 0 bridgehead atoms. The van der Waals surface area contributed by atoms with Crippen molar-refractivity contribution in [2.75, 3.05) is 11.1 Å². The summed E-state index contributed by atoms with van der Waals surface area (Å²) in [7, 11) is 0. The molecule has 7 nitrogen and oxygen atoms in total. The average molecular weight is 454 g/mol. The summed E-state index contributed by atoms with van der Waals surface area (Å²) in [6, 6.07) is 11.9. The van der Waals surface area contributed by atoms with E-state index in [1.165, 1.54) is 17.8 Å². The number of fused-ring (bicyclic) bond motifs is 3. The molecule has 1 amide bonds. The van der Waals surface area contributed by atoms with Crippen molar-refractivity contribution < 1.29 is 9.18 Å². The summed E-state index contributed by atoms with van der Waals surface area (Å²) in [5.41, 5.74) is 1.53. The van der Waals surface area contributed by atoms with Gasteiger partial charge in [0, 0.05) is 12.2 Å². The molecule has 0 saturated carbocycles. The lowest BCUT2D eigenvalue weighted by Crippen LogP contribution is -2.23. The van der Waals surface area contributed by atoms with Crippen molar-refractivity contribution in [1.29, 1.82) is 0 Å². The third-order valence-corrected chi connectivity index (χ3v) is 6.18. The van der Waals surface area contributed by atoms with Gasteiger partial charge >= 0.3 is 0 Å². The average Bonchev–Trinajstić information content (AvgIpc) is 3.21. The van der Waals surface area contributed by atoms with Gasteiger partial charge in [-0.25, -0.2) is 4.39 Å². The number of hydrogen-bond donors (Lipinski definition) is 1. The number of para-hydroxylation sites is 1. The zero-order chi connectivity index (χ0) is 22.7. The predicted octanol–water partition coefficient (Wildman–Crippen LogP) is 4.41. The highest BCUT2D eigenvalue weighted by Crippen LogP contribution is 2.22. The summed E-state index contributed by atoms with van der Waals surface area (Å²) < 4.78 is 17.2.